The molecule has 0 aromatic heterocycles. The fraction of sp³-hybridized carbons (Fsp3) is 0.409. The van der Waals surface area contributed by atoms with Crippen LogP contribution in [0.4, 0.5) is 4.39 Å². The van der Waals surface area contributed by atoms with E-state index < -0.39 is 11.0 Å². The zero-order valence-corrected chi connectivity index (χ0v) is 17.7. The van der Waals surface area contributed by atoms with E-state index in [2.05, 4.69) is 5.32 Å². The zero-order valence-electron chi connectivity index (χ0n) is 16.9. The minimum atomic E-state index is -0.932. The summed E-state index contributed by atoms with van der Waals surface area (Å²) in [5.74, 6) is 0.721. The van der Waals surface area contributed by atoms with Gasteiger partial charge in [0.25, 0.3) is 0 Å². The Hall–Kier alpha value is -2.15. The largest absolute Gasteiger partial charge is 0.457 e. The van der Waals surface area contributed by atoms with Gasteiger partial charge >= 0.3 is 0 Å². The van der Waals surface area contributed by atoms with E-state index in [1.807, 2.05) is 45.0 Å². The second-order valence-electron chi connectivity index (χ2n) is 7.72. The fourth-order valence-corrected chi connectivity index (χ4v) is 3.47. The third-order valence-corrected chi connectivity index (χ3v) is 5.66. The Kier molecular flexibility index (Phi) is 7.27. The highest BCUT2D eigenvalue weighted by Crippen LogP contribution is 2.49. The van der Waals surface area contributed by atoms with Gasteiger partial charge < -0.3 is 20.5 Å². The van der Waals surface area contributed by atoms with Gasteiger partial charge in [0.1, 0.15) is 22.9 Å². The molecule has 3 rings (SSSR count). The van der Waals surface area contributed by atoms with E-state index in [4.69, 9.17) is 15.2 Å². The van der Waals surface area contributed by atoms with Crippen molar-refractivity contribution in [2.45, 2.75) is 45.4 Å². The van der Waals surface area contributed by atoms with Crippen LogP contribution in [-0.2, 0) is 16.1 Å². The molecule has 1 aliphatic carbocycles. The van der Waals surface area contributed by atoms with Crippen LogP contribution in [0.1, 0.15) is 32.8 Å². The van der Waals surface area contributed by atoms with E-state index in [0.717, 1.165) is 5.56 Å². The molecular formula is C22H28ClFN2O3. The lowest BCUT2D eigenvalue weighted by Crippen LogP contribution is -2.75. The first-order valence-electron chi connectivity index (χ1n) is 9.47. The summed E-state index contributed by atoms with van der Waals surface area (Å²) in [7, 11) is 0. The number of ether oxygens (including phenoxy) is 2. The van der Waals surface area contributed by atoms with E-state index in [-0.39, 0.29) is 30.2 Å². The van der Waals surface area contributed by atoms with Crippen LogP contribution < -0.4 is 15.8 Å². The number of nitrogens with two attached hydrogens (primary N) is 1. The topological polar surface area (TPSA) is 73.6 Å². The van der Waals surface area contributed by atoms with Crippen molar-refractivity contribution in [1.82, 2.24) is 5.32 Å². The molecular weight excluding hydrogens is 395 g/mol. The lowest BCUT2D eigenvalue weighted by atomic mass is 9.54. The first-order chi connectivity index (χ1) is 13.3. The van der Waals surface area contributed by atoms with Gasteiger partial charge in [0.05, 0.1) is 6.10 Å². The SMILES string of the molecule is CCOC1CC(N)(C(=O)NCc2ccc(Oc3ccc(F)cc3)cc2)C1(C)C.Cl. The molecule has 7 heteroatoms. The number of benzene rings is 2. The third-order valence-electron chi connectivity index (χ3n) is 5.66. The lowest BCUT2D eigenvalue weighted by Gasteiger charge is -2.57. The van der Waals surface area contributed by atoms with E-state index in [9.17, 15) is 9.18 Å². The molecule has 158 valence electrons. The van der Waals surface area contributed by atoms with Gasteiger partial charge in [0, 0.05) is 25.0 Å². The average Bonchev–Trinajstić information content (AvgIpc) is 2.68. The van der Waals surface area contributed by atoms with Crippen molar-refractivity contribution >= 4 is 18.3 Å². The van der Waals surface area contributed by atoms with Crippen LogP contribution in [-0.4, -0.2) is 24.2 Å². The first kappa shape index (κ1) is 23.1. The molecule has 29 heavy (non-hydrogen) atoms. The fourth-order valence-electron chi connectivity index (χ4n) is 3.47. The quantitative estimate of drug-likeness (QED) is 0.701. The smallest absolute Gasteiger partial charge is 0.241 e. The third kappa shape index (κ3) is 4.71. The van der Waals surface area contributed by atoms with E-state index in [1.54, 1.807) is 12.1 Å². The average molecular weight is 423 g/mol. The standard InChI is InChI=1S/C22H27FN2O3.ClH/c1-4-27-19-13-22(24,21(19,2)3)20(26)25-14-15-5-9-17(10-6-15)28-18-11-7-16(23)8-12-18;/h5-12,19H,4,13-14,24H2,1-3H3,(H,25,26);1H. The van der Waals surface area contributed by atoms with E-state index >= 15 is 0 Å². The number of rotatable bonds is 7. The van der Waals surface area contributed by atoms with Gasteiger partial charge in [-0.2, -0.15) is 0 Å². The maximum absolute atomic E-state index is 12.9. The summed E-state index contributed by atoms with van der Waals surface area (Å²) in [6.45, 7) is 6.87. The molecule has 2 atom stereocenters. The minimum Gasteiger partial charge on any atom is -0.457 e. The van der Waals surface area contributed by atoms with Crippen molar-refractivity contribution in [3.8, 4) is 11.5 Å². The van der Waals surface area contributed by atoms with Crippen molar-refractivity contribution in [1.29, 1.82) is 0 Å². The summed E-state index contributed by atoms with van der Waals surface area (Å²) in [4.78, 5) is 12.7. The van der Waals surface area contributed by atoms with Gasteiger partial charge in [-0.25, -0.2) is 4.39 Å². The second kappa shape index (κ2) is 9.11. The summed E-state index contributed by atoms with van der Waals surface area (Å²) in [6, 6.07) is 13.2. The van der Waals surface area contributed by atoms with Crippen LogP contribution in [0.5, 0.6) is 11.5 Å². The summed E-state index contributed by atoms with van der Waals surface area (Å²) in [5.41, 5.74) is 5.97. The highest BCUT2D eigenvalue weighted by Gasteiger charge is 2.62. The van der Waals surface area contributed by atoms with Crippen molar-refractivity contribution in [3.63, 3.8) is 0 Å². The number of carbonyl (C=O) groups is 1. The van der Waals surface area contributed by atoms with Gasteiger partial charge in [-0.1, -0.05) is 26.0 Å². The molecule has 2 aromatic carbocycles. The highest BCUT2D eigenvalue weighted by molar-refractivity contribution is 5.88. The molecule has 1 saturated carbocycles. The van der Waals surface area contributed by atoms with Gasteiger partial charge in [0.2, 0.25) is 5.91 Å². The normalized spacial score (nSPS) is 22.2. The molecule has 0 spiro atoms. The predicted molar refractivity (Wildman–Crippen MR) is 113 cm³/mol. The van der Waals surface area contributed by atoms with E-state index in [1.165, 1.54) is 12.1 Å². The van der Waals surface area contributed by atoms with Gasteiger partial charge in [0.15, 0.2) is 0 Å². The maximum atomic E-state index is 12.9. The maximum Gasteiger partial charge on any atom is 0.241 e. The monoisotopic (exact) mass is 422 g/mol. The molecule has 1 amide bonds. The molecule has 2 unspecified atom stereocenters. The second-order valence-corrected chi connectivity index (χ2v) is 7.72. The van der Waals surface area contributed by atoms with Crippen molar-refractivity contribution in [2.24, 2.45) is 11.1 Å². The molecule has 0 saturated heterocycles. The molecule has 0 bridgehead atoms. The number of carbonyl (C=O) groups excluding carboxylic acids is 1. The van der Waals surface area contributed by atoms with Crippen molar-refractivity contribution in [2.75, 3.05) is 6.61 Å². The molecule has 0 aliphatic heterocycles. The molecule has 1 fully saturated rings. The van der Waals surface area contributed by atoms with Crippen molar-refractivity contribution in [3.05, 3.63) is 59.9 Å². The number of hydrogen-bond donors (Lipinski definition) is 2. The van der Waals surface area contributed by atoms with Gasteiger partial charge in [-0.3, -0.25) is 4.79 Å². The van der Waals surface area contributed by atoms with Crippen LogP contribution in [0.25, 0.3) is 0 Å². The molecule has 0 radical (unpaired) electrons. The van der Waals surface area contributed by atoms with Crippen molar-refractivity contribution < 1.29 is 18.7 Å². The first-order valence-corrected chi connectivity index (χ1v) is 9.47. The minimum absolute atomic E-state index is 0. The molecule has 3 N–H and O–H groups in total. The van der Waals surface area contributed by atoms with Crippen LogP contribution in [0.15, 0.2) is 48.5 Å². The molecule has 2 aromatic rings. The van der Waals surface area contributed by atoms with Gasteiger partial charge in [-0.15, -0.1) is 12.4 Å². The zero-order chi connectivity index (χ0) is 20.4. The summed E-state index contributed by atoms with van der Waals surface area (Å²) < 4.78 is 24.3. The van der Waals surface area contributed by atoms with Crippen LogP contribution >= 0.6 is 12.4 Å². The Morgan fingerprint density at radius 1 is 1.14 bits per heavy atom. The number of amides is 1. The van der Waals surface area contributed by atoms with Crippen LogP contribution in [0.2, 0.25) is 0 Å². The Morgan fingerprint density at radius 3 is 2.21 bits per heavy atom. The highest BCUT2D eigenvalue weighted by atomic mass is 35.5. The molecule has 0 heterocycles. The van der Waals surface area contributed by atoms with Crippen LogP contribution in [0, 0.1) is 11.2 Å². The molecule has 1 aliphatic rings. The Labute approximate surface area is 177 Å². The Bertz CT molecular complexity index is 827. The summed E-state index contributed by atoms with van der Waals surface area (Å²) >= 11 is 0. The van der Waals surface area contributed by atoms with Crippen LogP contribution in [0.3, 0.4) is 0 Å². The number of hydrogen-bond acceptors (Lipinski definition) is 4. The molecule has 5 nitrogen and oxygen atoms in total. The summed E-state index contributed by atoms with van der Waals surface area (Å²) in [5, 5.41) is 2.93. The number of nitrogens with one attached hydrogen (secondary N) is 1. The lowest BCUT2D eigenvalue weighted by molar-refractivity contribution is -0.170. The summed E-state index contributed by atoms with van der Waals surface area (Å²) in [6.07, 6.45) is 0.514. The van der Waals surface area contributed by atoms with Gasteiger partial charge in [-0.05, 0) is 48.9 Å². The predicted octanol–water partition coefficient (Wildman–Crippen LogP) is 4.19. The van der Waals surface area contributed by atoms with E-state index in [0.29, 0.717) is 31.1 Å². The Morgan fingerprint density at radius 2 is 1.69 bits per heavy atom. The Balaban J connectivity index is 0.00000300. The number of halogens is 2.